The SMILES string of the molecule is CC(C)c1ccc(O)c(N=C(N)N=C(N)N)c1. The average Bonchev–Trinajstić information content (AvgIpc) is 2.19. The molecule has 0 aromatic heterocycles. The molecule has 0 spiro atoms. The minimum Gasteiger partial charge on any atom is -0.506 e. The van der Waals surface area contributed by atoms with Gasteiger partial charge >= 0.3 is 0 Å². The fourth-order valence-electron chi connectivity index (χ4n) is 1.27. The Bertz CT molecular complexity index is 461. The van der Waals surface area contributed by atoms with Crippen molar-refractivity contribution in [1.29, 1.82) is 0 Å². The van der Waals surface area contributed by atoms with E-state index in [2.05, 4.69) is 9.98 Å². The van der Waals surface area contributed by atoms with Crippen LogP contribution in [0.25, 0.3) is 0 Å². The number of hydrogen-bond acceptors (Lipinski definition) is 2. The summed E-state index contributed by atoms with van der Waals surface area (Å²) in [6.45, 7) is 4.08. The Balaban J connectivity index is 3.13. The van der Waals surface area contributed by atoms with Crippen LogP contribution in [0.1, 0.15) is 25.3 Å². The quantitative estimate of drug-likeness (QED) is 0.445. The maximum Gasteiger partial charge on any atom is 0.223 e. The fraction of sp³-hybridized carbons (Fsp3) is 0.273. The number of nitrogens with two attached hydrogens (primary N) is 3. The van der Waals surface area contributed by atoms with Crippen LogP contribution in [0.5, 0.6) is 5.75 Å². The average molecular weight is 235 g/mol. The maximum absolute atomic E-state index is 9.63. The van der Waals surface area contributed by atoms with Crippen molar-refractivity contribution >= 4 is 17.6 Å². The lowest BCUT2D eigenvalue weighted by atomic mass is 10.0. The third kappa shape index (κ3) is 3.67. The Morgan fingerprint density at radius 3 is 2.41 bits per heavy atom. The van der Waals surface area contributed by atoms with Gasteiger partial charge < -0.3 is 22.3 Å². The summed E-state index contributed by atoms with van der Waals surface area (Å²) in [4.78, 5) is 7.52. The van der Waals surface area contributed by atoms with Gasteiger partial charge in [-0.3, -0.25) is 0 Å². The molecule has 0 heterocycles. The molecule has 0 fully saturated rings. The Kier molecular flexibility index (Phi) is 3.92. The van der Waals surface area contributed by atoms with E-state index in [-0.39, 0.29) is 17.7 Å². The van der Waals surface area contributed by atoms with Gasteiger partial charge in [-0.25, -0.2) is 4.99 Å². The molecule has 6 nitrogen and oxygen atoms in total. The molecule has 7 N–H and O–H groups in total. The van der Waals surface area contributed by atoms with Gasteiger partial charge in [0.25, 0.3) is 0 Å². The molecule has 17 heavy (non-hydrogen) atoms. The van der Waals surface area contributed by atoms with Gasteiger partial charge in [-0.05, 0) is 23.6 Å². The van der Waals surface area contributed by atoms with E-state index in [1.165, 1.54) is 0 Å². The Hall–Kier alpha value is -2.24. The highest BCUT2D eigenvalue weighted by Crippen LogP contribution is 2.30. The highest BCUT2D eigenvalue weighted by molar-refractivity contribution is 5.93. The van der Waals surface area contributed by atoms with E-state index in [0.29, 0.717) is 11.6 Å². The summed E-state index contributed by atoms with van der Waals surface area (Å²) >= 11 is 0. The second-order valence-electron chi connectivity index (χ2n) is 3.91. The summed E-state index contributed by atoms with van der Waals surface area (Å²) < 4.78 is 0. The molecule has 0 saturated carbocycles. The number of nitrogens with zero attached hydrogens (tertiary/aromatic N) is 2. The molecule has 0 atom stereocenters. The molecule has 92 valence electrons. The lowest BCUT2D eigenvalue weighted by Gasteiger charge is -2.07. The second-order valence-corrected chi connectivity index (χ2v) is 3.91. The molecular formula is C11H17N5O. The van der Waals surface area contributed by atoms with Crippen LogP contribution in [-0.4, -0.2) is 17.0 Å². The van der Waals surface area contributed by atoms with E-state index in [0.717, 1.165) is 5.56 Å². The standard InChI is InChI=1S/C11H17N5O/c1-6(2)7-3-4-9(17)8(5-7)15-11(14)16-10(12)13/h3-6,17H,1-2H3,(H6,12,13,14,15,16). The van der Waals surface area contributed by atoms with Crippen molar-refractivity contribution in [2.75, 3.05) is 0 Å². The molecule has 1 rings (SSSR count). The molecule has 0 unspecified atom stereocenters. The summed E-state index contributed by atoms with van der Waals surface area (Å²) in [7, 11) is 0. The minimum atomic E-state index is -0.175. The number of rotatable bonds is 2. The van der Waals surface area contributed by atoms with Crippen molar-refractivity contribution in [2.24, 2.45) is 27.2 Å². The molecule has 1 aromatic rings. The highest BCUT2D eigenvalue weighted by atomic mass is 16.3. The van der Waals surface area contributed by atoms with Crippen molar-refractivity contribution in [3.05, 3.63) is 23.8 Å². The summed E-state index contributed by atoms with van der Waals surface area (Å²) in [6.07, 6.45) is 0. The fourth-order valence-corrected chi connectivity index (χ4v) is 1.27. The van der Waals surface area contributed by atoms with E-state index in [1.807, 2.05) is 19.9 Å². The zero-order valence-corrected chi connectivity index (χ0v) is 9.88. The maximum atomic E-state index is 9.63. The smallest absolute Gasteiger partial charge is 0.223 e. The first-order valence-electron chi connectivity index (χ1n) is 5.17. The topological polar surface area (TPSA) is 123 Å². The normalized spacial score (nSPS) is 11.6. The second kappa shape index (κ2) is 5.20. The van der Waals surface area contributed by atoms with E-state index >= 15 is 0 Å². The first-order chi connectivity index (χ1) is 7.90. The number of guanidine groups is 2. The number of phenols is 1. The van der Waals surface area contributed by atoms with Crippen LogP contribution >= 0.6 is 0 Å². The molecular weight excluding hydrogens is 218 g/mol. The van der Waals surface area contributed by atoms with Gasteiger partial charge in [-0.15, -0.1) is 0 Å². The predicted molar refractivity (Wildman–Crippen MR) is 69.3 cm³/mol. The van der Waals surface area contributed by atoms with Gasteiger partial charge in [0.1, 0.15) is 11.4 Å². The van der Waals surface area contributed by atoms with E-state index in [4.69, 9.17) is 17.2 Å². The van der Waals surface area contributed by atoms with Crippen LogP contribution in [0.15, 0.2) is 28.2 Å². The third-order valence-corrected chi connectivity index (χ3v) is 2.14. The molecule has 6 heteroatoms. The van der Waals surface area contributed by atoms with Gasteiger partial charge in [-0.1, -0.05) is 19.9 Å². The molecule has 0 amide bonds. The molecule has 1 aromatic carbocycles. The monoisotopic (exact) mass is 235 g/mol. The van der Waals surface area contributed by atoms with E-state index in [9.17, 15) is 5.11 Å². The summed E-state index contributed by atoms with van der Waals surface area (Å²) in [5.74, 6) is 0.0870. The number of phenolic OH excluding ortho intramolecular Hbond substituents is 1. The van der Waals surface area contributed by atoms with Crippen LogP contribution in [0.3, 0.4) is 0 Å². The largest absolute Gasteiger partial charge is 0.506 e. The first-order valence-corrected chi connectivity index (χ1v) is 5.17. The van der Waals surface area contributed by atoms with Gasteiger partial charge in [-0.2, -0.15) is 4.99 Å². The molecule has 0 radical (unpaired) electrons. The van der Waals surface area contributed by atoms with Crippen LogP contribution in [-0.2, 0) is 0 Å². The van der Waals surface area contributed by atoms with Gasteiger partial charge in [0.2, 0.25) is 5.96 Å². The summed E-state index contributed by atoms with van der Waals surface area (Å²) in [6, 6.07) is 5.14. The number of aromatic hydroxyl groups is 1. The van der Waals surface area contributed by atoms with Crippen LogP contribution in [0, 0.1) is 0 Å². The summed E-state index contributed by atoms with van der Waals surface area (Å²) in [5, 5.41) is 9.63. The Morgan fingerprint density at radius 1 is 1.24 bits per heavy atom. The van der Waals surface area contributed by atoms with Gasteiger partial charge in [0.15, 0.2) is 5.96 Å². The zero-order chi connectivity index (χ0) is 13.0. The lowest BCUT2D eigenvalue weighted by Crippen LogP contribution is -2.26. The summed E-state index contributed by atoms with van der Waals surface area (Å²) in [5.41, 5.74) is 17.2. The minimum absolute atomic E-state index is 0.0307. The lowest BCUT2D eigenvalue weighted by molar-refractivity contribution is 0.476. The molecule has 0 aliphatic heterocycles. The Morgan fingerprint density at radius 2 is 1.88 bits per heavy atom. The van der Waals surface area contributed by atoms with Gasteiger partial charge in [0, 0.05) is 0 Å². The number of hydrogen-bond donors (Lipinski definition) is 4. The van der Waals surface area contributed by atoms with Crippen molar-refractivity contribution in [3.8, 4) is 5.75 Å². The van der Waals surface area contributed by atoms with Crippen molar-refractivity contribution in [2.45, 2.75) is 19.8 Å². The van der Waals surface area contributed by atoms with Crippen molar-refractivity contribution in [3.63, 3.8) is 0 Å². The zero-order valence-electron chi connectivity index (χ0n) is 9.88. The van der Waals surface area contributed by atoms with Crippen molar-refractivity contribution in [1.82, 2.24) is 0 Å². The van der Waals surface area contributed by atoms with Gasteiger partial charge in [0.05, 0.1) is 0 Å². The first kappa shape index (κ1) is 12.8. The predicted octanol–water partition coefficient (Wildman–Crippen LogP) is 0.735. The van der Waals surface area contributed by atoms with E-state index < -0.39 is 0 Å². The van der Waals surface area contributed by atoms with Crippen LogP contribution in [0.4, 0.5) is 5.69 Å². The highest BCUT2D eigenvalue weighted by Gasteiger charge is 2.05. The molecule has 0 aliphatic rings. The number of aliphatic imine (C=N–C) groups is 2. The Labute approximate surface area is 99.9 Å². The third-order valence-electron chi connectivity index (χ3n) is 2.14. The molecule has 0 saturated heterocycles. The molecule has 0 aliphatic carbocycles. The van der Waals surface area contributed by atoms with E-state index in [1.54, 1.807) is 12.1 Å². The van der Waals surface area contributed by atoms with Crippen molar-refractivity contribution < 1.29 is 5.11 Å². The van der Waals surface area contributed by atoms with Crippen LogP contribution in [0.2, 0.25) is 0 Å². The van der Waals surface area contributed by atoms with Crippen LogP contribution < -0.4 is 17.2 Å². The number of benzene rings is 1. The molecule has 0 bridgehead atoms.